The molecule has 0 spiro atoms. The van der Waals surface area contributed by atoms with Crippen LogP contribution >= 0.6 is 0 Å². The van der Waals surface area contributed by atoms with Gasteiger partial charge in [-0.1, -0.05) is 50.2 Å². The molecule has 4 aromatic rings. The van der Waals surface area contributed by atoms with Crippen molar-refractivity contribution in [3.05, 3.63) is 90.6 Å². The summed E-state index contributed by atoms with van der Waals surface area (Å²) in [7, 11) is -2.45. The van der Waals surface area contributed by atoms with E-state index in [0.717, 1.165) is 5.56 Å². The second-order valence-electron chi connectivity index (χ2n) is 9.41. The summed E-state index contributed by atoms with van der Waals surface area (Å²) in [5.41, 5.74) is 1.89. The highest BCUT2D eigenvalue weighted by atomic mass is 32.2. The number of anilines is 1. The van der Waals surface area contributed by atoms with Crippen LogP contribution in [0.4, 0.5) is 6.01 Å². The van der Waals surface area contributed by atoms with Crippen molar-refractivity contribution in [3.63, 3.8) is 0 Å². The van der Waals surface area contributed by atoms with Crippen LogP contribution in [0, 0.1) is 12.3 Å². The van der Waals surface area contributed by atoms with Crippen molar-refractivity contribution in [1.29, 1.82) is 0 Å². The van der Waals surface area contributed by atoms with Crippen molar-refractivity contribution in [3.8, 4) is 0 Å². The molecule has 0 saturated carbocycles. The van der Waals surface area contributed by atoms with Crippen LogP contribution in [0.25, 0.3) is 11.1 Å². The Kier molecular flexibility index (Phi) is 8.55. The van der Waals surface area contributed by atoms with Crippen LogP contribution in [0.1, 0.15) is 29.9 Å². The number of aliphatic hydroxyl groups is 1. The molecule has 1 unspecified atom stereocenters. The molecule has 1 atom stereocenters. The highest BCUT2D eigenvalue weighted by Gasteiger charge is 2.29. The van der Waals surface area contributed by atoms with Crippen LogP contribution in [-0.2, 0) is 16.4 Å². The third-order valence-electron chi connectivity index (χ3n) is 5.89. The molecule has 0 saturated heterocycles. The first-order chi connectivity index (χ1) is 18.1. The zero-order valence-electron chi connectivity index (χ0n) is 21.6. The number of carbonyl (C=O) groups is 1. The molecule has 199 valence electrons. The second-order valence-corrected chi connectivity index (χ2v) is 11.4. The molecule has 0 fully saturated rings. The smallest absolute Gasteiger partial charge is 0.305 e. The van der Waals surface area contributed by atoms with Gasteiger partial charge in [0.2, 0.25) is 10.0 Å². The number of pyridine rings is 1. The quantitative estimate of drug-likeness (QED) is 0.309. The molecule has 0 aliphatic carbocycles. The first kappa shape index (κ1) is 27.4. The summed E-state index contributed by atoms with van der Waals surface area (Å²) < 4.78 is 34.3. The van der Waals surface area contributed by atoms with Crippen molar-refractivity contribution in [2.24, 2.45) is 5.92 Å². The minimum atomic E-state index is -3.96. The van der Waals surface area contributed by atoms with Gasteiger partial charge in [0, 0.05) is 32.4 Å². The SMILES string of the molecule is CC(C)CN(CC(O)[CH]Cc1ccccc1)S(=O)(=O)c1ccc2nc(N(C)C(=O)c3ccccn3)oc2c1. The first-order valence-electron chi connectivity index (χ1n) is 12.3. The Morgan fingerprint density at radius 1 is 1.05 bits per heavy atom. The third-order valence-corrected chi connectivity index (χ3v) is 7.72. The van der Waals surface area contributed by atoms with E-state index >= 15 is 0 Å². The van der Waals surface area contributed by atoms with E-state index in [4.69, 9.17) is 4.42 Å². The predicted octanol–water partition coefficient (Wildman–Crippen LogP) is 3.95. The van der Waals surface area contributed by atoms with Crippen molar-refractivity contribution in [2.45, 2.75) is 31.3 Å². The standard InChI is InChI=1S/C28H31N4O5S/c1-20(2)18-32(19-22(33)13-12-21-9-5-4-6-10-21)38(35,36)23-14-15-24-26(17-23)37-28(30-24)31(3)27(34)25-11-7-8-16-29-25/h4-11,13-17,20,22,33H,12,18-19H2,1-3H3. The number of benzene rings is 2. The Bertz CT molecular complexity index is 1470. The van der Waals surface area contributed by atoms with Crippen LogP contribution < -0.4 is 4.90 Å². The Balaban J connectivity index is 1.54. The molecule has 1 amide bonds. The number of carbonyl (C=O) groups excluding carboxylic acids is 1. The molecular formula is C28H31N4O5S. The summed E-state index contributed by atoms with van der Waals surface area (Å²) >= 11 is 0. The predicted molar refractivity (Wildman–Crippen MR) is 145 cm³/mol. The Morgan fingerprint density at radius 2 is 1.79 bits per heavy atom. The lowest BCUT2D eigenvalue weighted by Crippen LogP contribution is -2.40. The molecule has 1 radical (unpaired) electrons. The van der Waals surface area contributed by atoms with Gasteiger partial charge in [-0.2, -0.15) is 9.29 Å². The molecule has 10 heteroatoms. The number of hydrogen-bond acceptors (Lipinski definition) is 7. The number of hydrogen-bond donors (Lipinski definition) is 1. The lowest BCUT2D eigenvalue weighted by molar-refractivity contribution is 0.0983. The maximum absolute atomic E-state index is 13.6. The van der Waals surface area contributed by atoms with E-state index in [1.807, 2.05) is 44.2 Å². The summed E-state index contributed by atoms with van der Waals surface area (Å²) in [6.07, 6.45) is 2.80. The van der Waals surface area contributed by atoms with Crippen molar-refractivity contribution in [1.82, 2.24) is 14.3 Å². The lowest BCUT2D eigenvalue weighted by Gasteiger charge is -2.26. The Labute approximate surface area is 222 Å². The van der Waals surface area contributed by atoms with Crippen LogP contribution in [0.15, 0.2) is 82.2 Å². The molecule has 1 N–H and O–H groups in total. The minimum absolute atomic E-state index is 0.0160. The van der Waals surface area contributed by atoms with Gasteiger partial charge >= 0.3 is 6.01 Å². The second kappa shape index (κ2) is 11.8. The van der Waals surface area contributed by atoms with Gasteiger partial charge in [0.25, 0.3) is 5.91 Å². The first-order valence-corrected chi connectivity index (χ1v) is 13.7. The molecule has 0 aliphatic heterocycles. The number of fused-ring (bicyclic) bond motifs is 1. The summed E-state index contributed by atoms with van der Waals surface area (Å²) in [4.78, 5) is 22.3. The van der Waals surface area contributed by atoms with Crippen LogP contribution in [0.2, 0.25) is 0 Å². The normalized spacial score (nSPS) is 12.8. The van der Waals surface area contributed by atoms with Gasteiger partial charge in [0.1, 0.15) is 11.2 Å². The van der Waals surface area contributed by atoms with Gasteiger partial charge < -0.3 is 9.52 Å². The van der Waals surface area contributed by atoms with Crippen LogP contribution in [0.5, 0.6) is 0 Å². The van der Waals surface area contributed by atoms with E-state index in [-0.39, 0.29) is 41.2 Å². The highest BCUT2D eigenvalue weighted by molar-refractivity contribution is 7.89. The van der Waals surface area contributed by atoms with E-state index < -0.39 is 22.0 Å². The van der Waals surface area contributed by atoms with E-state index in [1.54, 1.807) is 30.7 Å². The molecular weight excluding hydrogens is 504 g/mol. The molecule has 0 bridgehead atoms. The van der Waals surface area contributed by atoms with Crippen molar-refractivity contribution >= 4 is 33.0 Å². The zero-order chi connectivity index (χ0) is 27.3. The summed E-state index contributed by atoms with van der Waals surface area (Å²) in [6.45, 7) is 4.00. The van der Waals surface area contributed by atoms with Gasteiger partial charge in [-0.15, -0.1) is 0 Å². The minimum Gasteiger partial charge on any atom is -0.423 e. The molecule has 4 rings (SSSR count). The monoisotopic (exact) mass is 535 g/mol. The summed E-state index contributed by atoms with van der Waals surface area (Å²) in [5, 5.41) is 10.7. The van der Waals surface area contributed by atoms with Gasteiger partial charge in [0.05, 0.1) is 11.0 Å². The van der Waals surface area contributed by atoms with Crippen LogP contribution in [0.3, 0.4) is 0 Å². The number of oxazole rings is 1. The van der Waals surface area contributed by atoms with Crippen molar-refractivity contribution in [2.75, 3.05) is 25.0 Å². The fourth-order valence-electron chi connectivity index (χ4n) is 3.94. The van der Waals surface area contributed by atoms with Gasteiger partial charge in [-0.05, 0) is 48.6 Å². The Morgan fingerprint density at radius 3 is 2.47 bits per heavy atom. The summed E-state index contributed by atoms with van der Waals surface area (Å²) in [5.74, 6) is -0.369. The van der Waals surface area contributed by atoms with E-state index in [0.29, 0.717) is 11.9 Å². The topological polar surface area (TPSA) is 117 Å². The fourth-order valence-corrected chi connectivity index (χ4v) is 5.58. The molecule has 2 heterocycles. The zero-order valence-corrected chi connectivity index (χ0v) is 22.4. The van der Waals surface area contributed by atoms with Crippen molar-refractivity contribution < 1.29 is 22.7 Å². The van der Waals surface area contributed by atoms with Crippen LogP contribution in [-0.4, -0.2) is 59.9 Å². The lowest BCUT2D eigenvalue weighted by atomic mass is 10.1. The summed E-state index contributed by atoms with van der Waals surface area (Å²) in [6, 6.07) is 19.1. The van der Waals surface area contributed by atoms with E-state index in [2.05, 4.69) is 9.97 Å². The molecule has 2 aromatic heterocycles. The Hall–Kier alpha value is -3.60. The molecule has 0 aliphatic rings. The number of rotatable bonds is 11. The number of sulfonamides is 1. The van der Waals surface area contributed by atoms with E-state index in [9.17, 15) is 18.3 Å². The van der Waals surface area contributed by atoms with Gasteiger partial charge in [0.15, 0.2) is 5.58 Å². The average Bonchev–Trinajstić information content (AvgIpc) is 3.35. The average molecular weight is 536 g/mol. The molecule has 2 aromatic carbocycles. The molecule has 9 nitrogen and oxygen atoms in total. The highest BCUT2D eigenvalue weighted by Crippen LogP contribution is 2.27. The number of aromatic nitrogens is 2. The largest absolute Gasteiger partial charge is 0.423 e. The van der Waals surface area contributed by atoms with E-state index in [1.165, 1.54) is 34.6 Å². The maximum atomic E-state index is 13.6. The van der Waals surface area contributed by atoms with Gasteiger partial charge in [-0.3, -0.25) is 14.7 Å². The number of amides is 1. The fraction of sp³-hybridized carbons (Fsp3) is 0.286. The maximum Gasteiger partial charge on any atom is 0.305 e. The number of aliphatic hydroxyl groups excluding tert-OH is 1. The third kappa shape index (κ3) is 6.45. The molecule has 38 heavy (non-hydrogen) atoms. The number of nitrogens with zero attached hydrogens (tertiary/aromatic N) is 4. The van der Waals surface area contributed by atoms with Gasteiger partial charge in [-0.25, -0.2) is 8.42 Å².